The summed E-state index contributed by atoms with van der Waals surface area (Å²) in [4.78, 5) is 11.2. The molecule has 2 aromatic rings. The molecule has 1 saturated heterocycles. The van der Waals surface area contributed by atoms with Crippen LogP contribution in [0.5, 0.6) is 0 Å². The Kier molecular flexibility index (Phi) is 4.96. The summed E-state index contributed by atoms with van der Waals surface area (Å²) >= 11 is 0. The molecule has 0 saturated carbocycles. The zero-order valence-electron chi connectivity index (χ0n) is 14.1. The minimum atomic E-state index is -3.64. The van der Waals surface area contributed by atoms with Crippen molar-refractivity contribution in [2.75, 3.05) is 13.1 Å². The average Bonchev–Trinajstić information content (AvgIpc) is 2.99. The molecule has 1 aromatic carbocycles. The number of aromatic nitrogens is 1. The van der Waals surface area contributed by atoms with E-state index in [-0.39, 0.29) is 10.6 Å². The number of rotatable bonds is 5. The number of carboxylic acid groups (broad SMARTS) is 1. The van der Waals surface area contributed by atoms with Crippen LogP contribution in [0.15, 0.2) is 47.5 Å². The number of aromatic carboxylic acids is 1. The molecule has 1 aromatic heterocycles. The second-order valence-electron chi connectivity index (χ2n) is 6.51. The van der Waals surface area contributed by atoms with Crippen LogP contribution in [0.25, 0.3) is 0 Å². The maximum Gasteiger partial charge on any atom is 0.352 e. The minimum Gasteiger partial charge on any atom is -0.477 e. The van der Waals surface area contributed by atoms with Gasteiger partial charge in [-0.1, -0.05) is 30.3 Å². The van der Waals surface area contributed by atoms with E-state index in [1.54, 1.807) is 0 Å². The molecule has 7 heteroatoms. The predicted molar refractivity (Wildman–Crippen MR) is 94.0 cm³/mol. The lowest BCUT2D eigenvalue weighted by atomic mass is 9.91. The van der Waals surface area contributed by atoms with Gasteiger partial charge in [0.25, 0.3) is 0 Å². The Bertz CT molecular complexity index is 850. The highest BCUT2D eigenvalue weighted by atomic mass is 32.2. The van der Waals surface area contributed by atoms with Gasteiger partial charge in [-0.15, -0.1) is 0 Å². The minimum absolute atomic E-state index is 0.0301. The molecular formula is C18H22N2O4S. The van der Waals surface area contributed by atoms with Crippen molar-refractivity contribution in [3.05, 3.63) is 53.9 Å². The molecule has 0 atom stereocenters. The van der Waals surface area contributed by atoms with Crippen molar-refractivity contribution in [3.8, 4) is 0 Å². The van der Waals surface area contributed by atoms with Gasteiger partial charge in [-0.3, -0.25) is 0 Å². The van der Waals surface area contributed by atoms with Crippen LogP contribution in [-0.2, 0) is 23.5 Å². The molecule has 0 spiro atoms. The fourth-order valence-corrected chi connectivity index (χ4v) is 4.88. The van der Waals surface area contributed by atoms with Gasteiger partial charge in [0.2, 0.25) is 10.0 Å². The van der Waals surface area contributed by atoms with Gasteiger partial charge < -0.3 is 9.67 Å². The van der Waals surface area contributed by atoms with Gasteiger partial charge >= 0.3 is 5.97 Å². The third-order valence-electron chi connectivity index (χ3n) is 4.78. The molecule has 0 unspecified atom stereocenters. The molecule has 25 heavy (non-hydrogen) atoms. The molecule has 0 aliphatic carbocycles. The van der Waals surface area contributed by atoms with Gasteiger partial charge in [0.05, 0.1) is 0 Å². The largest absolute Gasteiger partial charge is 0.477 e. The highest BCUT2D eigenvalue weighted by molar-refractivity contribution is 7.89. The summed E-state index contributed by atoms with van der Waals surface area (Å²) in [6.45, 7) is 0.939. The van der Waals surface area contributed by atoms with E-state index in [4.69, 9.17) is 5.11 Å². The lowest BCUT2D eigenvalue weighted by molar-refractivity contribution is 0.0686. The Labute approximate surface area is 147 Å². The predicted octanol–water partition coefficient (Wildman–Crippen LogP) is 2.37. The van der Waals surface area contributed by atoms with Crippen LogP contribution in [0.2, 0.25) is 0 Å². The lowest BCUT2D eigenvalue weighted by Gasteiger charge is -2.31. The van der Waals surface area contributed by atoms with Gasteiger partial charge in [0, 0.05) is 26.3 Å². The third kappa shape index (κ3) is 3.77. The van der Waals surface area contributed by atoms with Crippen molar-refractivity contribution in [1.82, 2.24) is 8.87 Å². The number of hydrogen-bond donors (Lipinski definition) is 1. The summed E-state index contributed by atoms with van der Waals surface area (Å²) in [5.41, 5.74) is 1.25. The van der Waals surface area contributed by atoms with E-state index in [0.717, 1.165) is 19.3 Å². The first kappa shape index (κ1) is 17.7. The summed E-state index contributed by atoms with van der Waals surface area (Å²) in [6.07, 6.45) is 3.96. The zero-order chi connectivity index (χ0) is 18.0. The standard InChI is InChI=1S/C18H22N2O4S/c1-19-13-16(12-17(19)18(21)22)25(23,24)20-9-7-15(8-10-20)11-14-5-3-2-4-6-14/h2-6,12-13,15H,7-11H2,1H3,(H,21,22). The first-order valence-corrected chi connectivity index (χ1v) is 9.75. The highest BCUT2D eigenvalue weighted by Gasteiger charge is 2.31. The molecule has 1 aliphatic rings. The molecule has 0 radical (unpaired) electrons. The molecule has 134 valence electrons. The van der Waals surface area contributed by atoms with Gasteiger partial charge in [-0.25, -0.2) is 13.2 Å². The quantitative estimate of drug-likeness (QED) is 0.885. The second kappa shape index (κ2) is 7.01. The maximum absolute atomic E-state index is 12.8. The molecule has 2 heterocycles. The summed E-state index contributed by atoms with van der Waals surface area (Å²) in [7, 11) is -2.11. The van der Waals surface area contributed by atoms with E-state index < -0.39 is 16.0 Å². The average molecular weight is 362 g/mol. The Morgan fingerprint density at radius 3 is 2.40 bits per heavy atom. The summed E-state index contributed by atoms with van der Waals surface area (Å²) < 4.78 is 28.3. The smallest absolute Gasteiger partial charge is 0.352 e. The number of aryl methyl sites for hydroxylation is 1. The number of benzene rings is 1. The Morgan fingerprint density at radius 2 is 1.84 bits per heavy atom. The van der Waals surface area contributed by atoms with Gasteiger partial charge in [-0.05, 0) is 36.8 Å². The van der Waals surface area contributed by atoms with Crippen LogP contribution in [0.3, 0.4) is 0 Å². The normalized spacial score (nSPS) is 16.8. The van der Waals surface area contributed by atoms with Gasteiger partial charge in [0.1, 0.15) is 10.6 Å². The molecule has 1 N–H and O–H groups in total. The summed E-state index contributed by atoms with van der Waals surface area (Å²) in [5, 5.41) is 9.10. The topological polar surface area (TPSA) is 79.6 Å². The van der Waals surface area contributed by atoms with E-state index >= 15 is 0 Å². The zero-order valence-corrected chi connectivity index (χ0v) is 14.9. The number of hydrogen-bond acceptors (Lipinski definition) is 3. The van der Waals surface area contributed by atoms with E-state index in [1.165, 1.54) is 33.7 Å². The van der Waals surface area contributed by atoms with Crippen molar-refractivity contribution in [2.24, 2.45) is 13.0 Å². The van der Waals surface area contributed by atoms with Crippen LogP contribution < -0.4 is 0 Å². The van der Waals surface area contributed by atoms with Crippen LogP contribution in [0.1, 0.15) is 28.9 Å². The van der Waals surface area contributed by atoms with Gasteiger partial charge in [-0.2, -0.15) is 4.31 Å². The second-order valence-corrected chi connectivity index (χ2v) is 8.45. The van der Waals surface area contributed by atoms with Crippen molar-refractivity contribution < 1.29 is 18.3 Å². The molecule has 0 bridgehead atoms. The van der Waals surface area contributed by atoms with Crippen LogP contribution in [0.4, 0.5) is 0 Å². The fourth-order valence-electron chi connectivity index (χ4n) is 3.34. The third-order valence-corrected chi connectivity index (χ3v) is 6.64. The number of carboxylic acids is 1. The van der Waals surface area contributed by atoms with Crippen LogP contribution in [0, 0.1) is 5.92 Å². The Hall–Kier alpha value is -2.12. The van der Waals surface area contributed by atoms with Crippen LogP contribution in [-0.4, -0.2) is 41.5 Å². The number of sulfonamides is 1. The molecule has 1 fully saturated rings. The number of piperidine rings is 1. The lowest BCUT2D eigenvalue weighted by Crippen LogP contribution is -2.38. The van der Waals surface area contributed by atoms with Crippen molar-refractivity contribution in [3.63, 3.8) is 0 Å². The molecule has 3 rings (SSSR count). The van der Waals surface area contributed by atoms with Crippen molar-refractivity contribution in [2.45, 2.75) is 24.2 Å². The van der Waals surface area contributed by atoms with E-state index in [9.17, 15) is 13.2 Å². The fraction of sp³-hybridized carbons (Fsp3) is 0.389. The summed E-state index contributed by atoms with van der Waals surface area (Å²) in [5.74, 6) is -0.662. The van der Waals surface area contributed by atoms with Crippen molar-refractivity contribution >= 4 is 16.0 Å². The molecule has 6 nitrogen and oxygen atoms in total. The number of nitrogens with zero attached hydrogens (tertiary/aromatic N) is 2. The Balaban J connectivity index is 1.67. The van der Waals surface area contributed by atoms with E-state index in [2.05, 4.69) is 12.1 Å². The van der Waals surface area contributed by atoms with Crippen molar-refractivity contribution in [1.29, 1.82) is 0 Å². The first-order chi connectivity index (χ1) is 11.9. The van der Waals surface area contributed by atoms with Crippen LogP contribution >= 0.6 is 0 Å². The maximum atomic E-state index is 12.8. The molecular weight excluding hydrogens is 340 g/mol. The number of carbonyl (C=O) groups is 1. The SMILES string of the molecule is Cn1cc(S(=O)(=O)N2CCC(Cc3ccccc3)CC2)cc1C(=O)O. The Morgan fingerprint density at radius 1 is 1.20 bits per heavy atom. The monoisotopic (exact) mass is 362 g/mol. The molecule has 1 aliphatic heterocycles. The highest BCUT2D eigenvalue weighted by Crippen LogP contribution is 2.27. The summed E-state index contributed by atoms with van der Waals surface area (Å²) in [6, 6.07) is 11.5. The molecule has 0 amide bonds. The van der Waals surface area contributed by atoms with Gasteiger partial charge in [0.15, 0.2) is 0 Å². The van der Waals surface area contributed by atoms with E-state index in [1.807, 2.05) is 18.2 Å². The first-order valence-electron chi connectivity index (χ1n) is 8.31. The van der Waals surface area contributed by atoms with E-state index in [0.29, 0.717) is 19.0 Å².